The Kier molecular flexibility index (Phi) is 5.01. The smallest absolute Gasteiger partial charge is 0.318 e. The summed E-state index contributed by atoms with van der Waals surface area (Å²) >= 11 is 0. The molecule has 0 aliphatic heterocycles. The highest BCUT2D eigenvalue weighted by atomic mass is 16.2. The third-order valence-corrected chi connectivity index (χ3v) is 2.49. The van der Waals surface area contributed by atoms with Gasteiger partial charge in [0.2, 0.25) is 0 Å². The molecular formula is C14H22N2O. The molecule has 0 spiro atoms. The lowest BCUT2D eigenvalue weighted by atomic mass is 10.2. The quantitative estimate of drug-likeness (QED) is 0.853. The van der Waals surface area contributed by atoms with Gasteiger partial charge in [0.15, 0.2) is 0 Å². The topological polar surface area (TPSA) is 32.3 Å². The van der Waals surface area contributed by atoms with Gasteiger partial charge in [-0.25, -0.2) is 4.79 Å². The summed E-state index contributed by atoms with van der Waals surface area (Å²) < 4.78 is 0. The molecule has 0 radical (unpaired) electrons. The highest BCUT2D eigenvalue weighted by Crippen LogP contribution is 2.08. The summed E-state index contributed by atoms with van der Waals surface area (Å²) in [7, 11) is 0. The number of carbonyl (C=O) groups is 1. The standard InChI is InChI=1S/C14H22N2O/c1-11(2)15-14(17)16(12(3)4)10-13-8-6-5-7-9-13/h5-9,11-12H,10H2,1-4H3,(H,15,17). The Morgan fingerprint density at radius 3 is 2.24 bits per heavy atom. The molecule has 0 unspecified atom stereocenters. The third kappa shape index (κ3) is 4.47. The minimum absolute atomic E-state index is 0.00106. The first kappa shape index (κ1) is 13.6. The molecule has 1 aromatic carbocycles. The van der Waals surface area contributed by atoms with Crippen LogP contribution in [0.15, 0.2) is 30.3 Å². The Morgan fingerprint density at radius 1 is 1.18 bits per heavy atom. The number of hydrogen-bond donors (Lipinski definition) is 1. The van der Waals surface area contributed by atoms with Crippen molar-refractivity contribution in [3.8, 4) is 0 Å². The number of hydrogen-bond acceptors (Lipinski definition) is 1. The van der Waals surface area contributed by atoms with Crippen molar-refractivity contribution < 1.29 is 4.79 Å². The van der Waals surface area contributed by atoms with Crippen molar-refractivity contribution in [2.75, 3.05) is 0 Å². The maximum atomic E-state index is 12.0. The van der Waals surface area contributed by atoms with Gasteiger partial charge in [-0.1, -0.05) is 30.3 Å². The van der Waals surface area contributed by atoms with Crippen molar-refractivity contribution in [1.82, 2.24) is 10.2 Å². The molecule has 1 rings (SSSR count). The van der Waals surface area contributed by atoms with Gasteiger partial charge in [-0.05, 0) is 33.3 Å². The van der Waals surface area contributed by atoms with Crippen LogP contribution >= 0.6 is 0 Å². The summed E-state index contributed by atoms with van der Waals surface area (Å²) in [5, 5.41) is 2.93. The van der Waals surface area contributed by atoms with Crippen LogP contribution in [-0.4, -0.2) is 23.0 Å². The zero-order valence-corrected chi connectivity index (χ0v) is 11.1. The average Bonchev–Trinajstić information content (AvgIpc) is 2.25. The van der Waals surface area contributed by atoms with Gasteiger partial charge < -0.3 is 10.2 Å². The zero-order chi connectivity index (χ0) is 12.8. The minimum atomic E-state index is -0.00106. The molecule has 0 bridgehead atoms. The van der Waals surface area contributed by atoms with Crippen LogP contribution in [0.5, 0.6) is 0 Å². The van der Waals surface area contributed by atoms with Crippen LogP contribution in [0, 0.1) is 0 Å². The number of rotatable bonds is 4. The Hall–Kier alpha value is -1.51. The first-order chi connectivity index (χ1) is 8.00. The molecule has 0 saturated heterocycles. The SMILES string of the molecule is CC(C)NC(=O)N(Cc1ccccc1)C(C)C. The van der Waals surface area contributed by atoms with Crippen molar-refractivity contribution in [2.24, 2.45) is 0 Å². The lowest BCUT2D eigenvalue weighted by Gasteiger charge is -2.28. The van der Waals surface area contributed by atoms with Crippen molar-refractivity contribution in [1.29, 1.82) is 0 Å². The van der Waals surface area contributed by atoms with Gasteiger partial charge in [-0.15, -0.1) is 0 Å². The summed E-state index contributed by atoms with van der Waals surface area (Å²) in [5.74, 6) is 0. The molecule has 0 aliphatic carbocycles. The second kappa shape index (κ2) is 6.28. The molecule has 3 nitrogen and oxygen atoms in total. The highest BCUT2D eigenvalue weighted by molar-refractivity contribution is 5.74. The Morgan fingerprint density at radius 2 is 1.76 bits per heavy atom. The van der Waals surface area contributed by atoms with Gasteiger partial charge in [0, 0.05) is 18.6 Å². The van der Waals surface area contributed by atoms with E-state index in [2.05, 4.69) is 5.32 Å². The van der Waals surface area contributed by atoms with Crippen LogP contribution in [0.1, 0.15) is 33.3 Å². The van der Waals surface area contributed by atoms with Crippen LogP contribution in [0.2, 0.25) is 0 Å². The molecule has 2 amide bonds. The zero-order valence-electron chi connectivity index (χ0n) is 11.1. The largest absolute Gasteiger partial charge is 0.336 e. The van der Waals surface area contributed by atoms with Gasteiger partial charge >= 0.3 is 6.03 Å². The average molecular weight is 234 g/mol. The minimum Gasteiger partial charge on any atom is -0.336 e. The van der Waals surface area contributed by atoms with Crippen LogP contribution in [0.25, 0.3) is 0 Å². The number of carbonyl (C=O) groups excluding carboxylic acids is 1. The number of urea groups is 1. The van der Waals surface area contributed by atoms with E-state index in [0.717, 1.165) is 5.56 Å². The van der Waals surface area contributed by atoms with Gasteiger partial charge in [0.25, 0.3) is 0 Å². The summed E-state index contributed by atoms with van der Waals surface area (Å²) in [4.78, 5) is 13.9. The molecular weight excluding hydrogens is 212 g/mol. The van der Waals surface area contributed by atoms with Crippen molar-refractivity contribution in [3.05, 3.63) is 35.9 Å². The molecule has 1 aromatic rings. The van der Waals surface area contributed by atoms with Gasteiger partial charge in [0.05, 0.1) is 0 Å². The Labute approximate surface area is 104 Å². The fraction of sp³-hybridized carbons (Fsp3) is 0.500. The monoisotopic (exact) mass is 234 g/mol. The highest BCUT2D eigenvalue weighted by Gasteiger charge is 2.17. The van der Waals surface area contributed by atoms with E-state index in [0.29, 0.717) is 6.54 Å². The van der Waals surface area contributed by atoms with Crippen molar-refractivity contribution >= 4 is 6.03 Å². The second-order valence-electron chi connectivity index (χ2n) is 4.81. The molecule has 1 N–H and O–H groups in total. The maximum absolute atomic E-state index is 12.0. The van der Waals surface area contributed by atoms with Crippen molar-refractivity contribution in [3.63, 3.8) is 0 Å². The Balaban J connectivity index is 2.70. The van der Waals surface area contributed by atoms with E-state index in [9.17, 15) is 4.79 Å². The first-order valence-electron chi connectivity index (χ1n) is 6.11. The lowest BCUT2D eigenvalue weighted by molar-refractivity contribution is 0.177. The van der Waals surface area contributed by atoms with E-state index >= 15 is 0 Å². The summed E-state index contributed by atoms with van der Waals surface area (Å²) in [6, 6.07) is 10.4. The third-order valence-electron chi connectivity index (χ3n) is 2.49. The molecule has 0 fully saturated rings. The van der Waals surface area contributed by atoms with Crippen LogP contribution in [-0.2, 0) is 6.54 Å². The molecule has 0 saturated carbocycles. The normalized spacial score (nSPS) is 10.7. The van der Waals surface area contributed by atoms with Crippen LogP contribution < -0.4 is 5.32 Å². The van der Waals surface area contributed by atoms with E-state index in [1.54, 1.807) is 0 Å². The number of nitrogens with one attached hydrogen (secondary N) is 1. The molecule has 17 heavy (non-hydrogen) atoms. The van der Waals surface area contributed by atoms with E-state index < -0.39 is 0 Å². The predicted octanol–water partition coefficient (Wildman–Crippen LogP) is 3.02. The van der Waals surface area contributed by atoms with Gasteiger partial charge in [-0.2, -0.15) is 0 Å². The van der Waals surface area contributed by atoms with Gasteiger partial charge in [-0.3, -0.25) is 0 Å². The number of benzene rings is 1. The molecule has 0 aliphatic rings. The molecule has 94 valence electrons. The van der Waals surface area contributed by atoms with Crippen molar-refractivity contribution in [2.45, 2.75) is 46.3 Å². The van der Waals surface area contributed by atoms with E-state index in [-0.39, 0.29) is 18.1 Å². The van der Waals surface area contributed by atoms with Crippen LogP contribution in [0.4, 0.5) is 4.79 Å². The fourth-order valence-corrected chi connectivity index (χ4v) is 1.60. The fourth-order valence-electron chi connectivity index (χ4n) is 1.60. The predicted molar refractivity (Wildman–Crippen MR) is 70.8 cm³/mol. The summed E-state index contributed by atoms with van der Waals surface area (Å²) in [5.41, 5.74) is 1.15. The Bertz CT molecular complexity index is 346. The van der Waals surface area contributed by atoms with E-state index in [1.807, 2.05) is 62.9 Å². The van der Waals surface area contributed by atoms with E-state index in [4.69, 9.17) is 0 Å². The molecule has 0 heterocycles. The van der Waals surface area contributed by atoms with Gasteiger partial charge in [0.1, 0.15) is 0 Å². The first-order valence-corrected chi connectivity index (χ1v) is 6.11. The number of amides is 2. The van der Waals surface area contributed by atoms with Crippen LogP contribution in [0.3, 0.4) is 0 Å². The second-order valence-corrected chi connectivity index (χ2v) is 4.81. The molecule has 3 heteroatoms. The number of nitrogens with zero attached hydrogens (tertiary/aromatic N) is 1. The summed E-state index contributed by atoms with van der Waals surface area (Å²) in [6.45, 7) is 8.65. The molecule has 0 atom stereocenters. The summed E-state index contributed by atoms with van der Waals surface area (Å²) in [6.07, 6.45) is 0. The lowest BCUT2D eigenvalue weighted by Crippen LogP contribution is -2.45. The van der Waals surface area contributed by atoms with E-state index in [1.165, 1.54) is 0 Å². The molecule has 0 aromatic heterocycles. The maximum Gasteiger partial charge on any atom is 0.318 e.